The second kappa shape index (κ2) is 6.02. The van der Waals surface area contributed by atoms with Gasteiger partial charge in [-0.3, -0.25) is 4.90 Å². The van der Waals surface area contributed by atoms with Crippen LogP contribution in [0.25, 0.3) is 0 Å². The first-order valence-electron chi connectivity index (χ1n) is 6.90. The molecule has 0 aliphatic carbocycles. The zero-order chi connectivity index (χ0) is 12.2. The molecule has 0 aromatic heterocycles. The van der Waals surface area contributed by atoms with Gasteiger partial charge in [0.1, 0.15) is 0 Å². The molecule has 2 heteroatoms. The molecule has 1 aliphatic rings. The Balaban J connectivity index is 2.29. The number of rotatable bonds is 5. The van der Waals surface area contributed by atoms with Gasteiger partial charge in [0.25, 0.3) is 0 Å². The molecule has 2 nitrogen and oxygen atoms in total. The molecule has 0 radical (unpaired) electrons. The monoisotopic (exact) mass is 226 g/mol. The highest BCUT2D eigenvalue weighted by Crippen LogP contribution is 2.28. The Labute approximate surface area is 102 Å². The Hall–Kier alpha value is -0.0800. The lowest BCUT2D eigenvalue weighted by Crippen LogP contribution is -2.41. The molecule has 1 fully saturated rings. The molecule has 1 rings (SSSR count). The highest BCUT2D eigenvalue weighted by molar-refractivity contribution is 4.86. The second-order valence-corrected chi connectivity index (χ2v) is 6.40. The molecule has 2 atom stereocenters. The van der Waals surface area contributed by atoms with E-state index in [1.807, 2.05) is 0 Å². The first kappa shape index (κ1) is 14.0. The number of nitrogens with zero attached hydrogens (tertiary/aromatic N) is 1. The van der Waals surface area contributed by atoms with Crippen molar-refractivity contribution in [2.75, 3.05) is 26.2 Å². The maximum absolute atomic E-state index is 3.55. The van der Waals surface area contributed by atoms with Gasteiger partial charge in [-0.1, -0.05) is 27.7 Å². The van der Waals surface area contributed by atoms with Gasteiger partial charge in [-0.2, -0.15) is 0 Å². The molecule has 0 aromatic rings. The van der Waals surface area contributed by atoms with Crippen LogP contribution in [0.4, 0.5) is 0 Å². The highest BCUT2D eigenvalue weighted by atomic mass is 15.2. The molecule has 1 heterocycles. The molecule has 96 valence electrons. The molecule has 1 saturated heterocycles. The van der Waals surface area contributed by atoms with Gasteiger partial charge in [0.15, 0.2) is 0 Å². The first-order valence-corrected chi connectivity index (χ1v) is 6.90. The van der Waals surface area contributed by atoms with E-state index in [0.29, 0.717) is 11.5 Å². The molecule has 0 aromatic carbocycles. The van der Waals surface area contributed by atoms with Crippen molar-refractivity contribution in [3.63, 3.8) is 0 Å². The lowest BCUT2D eigenvalue weighted by atomic mass is 9.87. The molecule has 1 N–H and O–H groups in total. The topological polar surface area (TPSA) is 15.3 Å². The summed E-state index contributed by atoms with van der Waals surface area (Å²) in [5.41, 5.74) is 0.408. The average Bonchev–Trinajstić information content (AvgIpc) is 2.64. The summed E-state index contributed by atoms with van der Waals surface area (Å²) in [6, 6.07) is 0.698. The molecule has 16 heavy (non-hydrogen) atoms. The molecular weight excluding hydrogens is 196 g/mol. The fourth-order valence-electron chi connectivity index (χ4n) is 2.41. The van der Waals surface area contributed by atoms with Crippen molar-refractivity contribution in [3.8, 4) is 0 Å². The van der Waals surface area contributed by atoms with Crippen molar-refractivity contribution in [2.45, 2.75) is 53.5 Å². The van der Waals surface area contributed by atoms with Gasteiger partial charge >= 0.3 is 0 Å². The van der Waals surface area contributed by atoms with E-state index in [9.17, 15) is 0 Å². The van der Waals surface area contributed by atoms with E-state index in [0.717, 1.165) is 5.92 Å². The number of likely N-dealkylation sites (tertiary alicyclic amines) is 1. The van der Waals surface area contributed by atoms with Crippen LogP contribution in [-0.2, 0) is 0 Å². The zero-order valence-electron chi connectivity index (χ0n) is 11.8. The maximum Gasteiger partial charge on any atom is 0.0116 e. The van der Waals surface area contributed by atoms with Gasteiger partial charge in [-0.05, 0) is 50.7 Å². The van der Waals surface area contributed by atoms with E-state index in [4.69, 9.17) is 0 Å². The third-order valence-electron chi connectivity index (χ3n) is 3.98. The van der Waals surface area contributed by atoms with Crippen molar-refractivity contribution >= 4 is 0 Å². The second-order valence-electron chi connectivity index (χ2n) is 6.40. The molecule has 0 bridgehead atoms. The molecular formula is C14H30N2. The minimum absolute atomic E-state index is 0.408. The van der Waals surface area contributed by atoms with Crippen molar-refractivity contribution in [1.82, 2.24) is 10.2 Å². The van der Waals surface area contributed by atoms with Crippen molar-refractivity contribution in [2.24, 2.45) is 11.3 Å². The van der Waals surface area contributed by atoms with Crippen LogP contribution in [0, 0.1) is 11.3 Å². The van der Waals surface area contributed by atoms with Crippen LogP contribution in [0.15, 0.2) is 0 Å². The number of nitrogens with one attached hydrogen (secondary N) is 1. The summed E-state index contributed by atoms with van der Waals surface area (Å²) in [6.45, 7) is 16.6. The predicted octanol–water partition coefficient (Wildman–Crippen LogP) is 2.74. The first-order chi connectivity index (χ1) is 7.45. The van der Waals surface area contributed by atoms with Gasteiger partial charge in [0.05, 0.1) is 0 Å². The summed E-state index contributed by atoms with van der Waals surface area (Å²) >= 11 is 0. The normalized spacial score (nSPS) is 24.9. The molecule has 1 aliphatic heterocycles. The van der Waals surface area contributed by atoms with Crippen molar-refractivity contribution < 1.29 is 0 Å². The quantitative estimate of drug-likeness (QED) is 0.725. The molecule has 0 amide bonds. The largest absolute Gasteiger partial charge is 0.316 e. The van der Waals surface area contributed by atoms with Crippen molar-refractivity contribution in [1.29, 1.82) is 0 Å². The fraction of sp³-hybridized carbons (Fsp3) is 1.00. The van der Waals surface area contributed by atoms with E-state index < -0.39 is 0 Å². The van der Waals surface area contributed by atoms with Crippen LogP contribution in [0.5, 0.6) is 0 Å². The minimum atomic E-state index is 0.408. The Kier molecular flexibility index (Phi) is 5.26. The third-order valence-corrected chi connectivity index (χ3v) is 3.98. The summed E-state index contributed by atoms with van der Waals surface area (Å²) in [6.07, 6.45) is 2.62. The SMILES string of the molecule is CCCNCC1CCN(C(C)C(C)(C)C)C1. The summed E-state index contributed by atoms with van der Waals surface area (Å²) < 4.78 is 0. The van der Waals surface area contributed by atoms with E-state index in [2.05, 4.69) is 44.8 Å². The van der Waals surface area contributed by atoms with Gasteiger partial charge in [0.2, 0.25) is 0 Å². The summed E-state index contributed by atoms with van der Waals surface area (Å²) in [5.74, 6) is 0.872. The number of hydrogen-bond donors (Lipinski definition) is 1. The van der Waals surface area contributed by atoms with E-state index in [-0.39, 0.29) is 0 Å². The van der Waals surface area contributed by atoms with Crippen LogP contribution < -0.4 is 5.32 Å². The Bertz CT molecular complexity index is 195. The van der Waals surface area contributed by atoms with Crippen LogP contribution in [-0.4, -0.2) is 37.1 Å². The van der Waals surface area contributed by atoms with Crippen LogP contribution in [0.3, 0.4) is 0 Å². The van der Waals surface area contributed by atoms with Gasteiger partial charge < -0.3 is 5.32 Å². The van der Waals surface area contributed by atoms with E-state index >= 15 is 0 Å². The Morgan fingerprint density at radius 2 is 2.06 bits per heavy atom. The fourth-order valence-corrected chi connectivity index (χ4v) is 2.41. The number of hydrogen-bond acceptors (Lipinski definition) is 2. The molecule has 2 unspecified atom stereocenters. The Morgan fingerprint density at radius 1 is 1.38 bits per heavy atom. The summed E-state index contributed by atoms with van der Waals surface area (Å²) in [5, 5.41) is 3.55. The summed E-state index contributed by atoms with van der Waals surface area (Å²) in [4.78, 5) is 2.66. The van der Waals surface area contributed by atoms with Gasteiger partial charge in [0, 0.05) is 12.6 Å². The predicted molar refractivity (Wildman–Crippen MR) is 71.8 cm³/mol. The summed E-state index contributed by atoms with van der Waals surface area (Å²) in [7, 11) is 0. The van der Waals surface area contributed by atoms with Gasteiger partial charge in [-0.25, -0.2) is 0 Å². The van der Waals surface area contributed by atoms with Crippen LogP contribution in [0.2, 0.25) is 0 Å². The lowest BCUT2D eigenvalue weighted by molar-refractivity contribution is 0.135. The average molecular weight is 226 g/mol. The zero-order valence-corrected chi connectivity index (χ0v) is 11.8. The van der Waals surface area contributed by atoms with Crippen molar-refractivity contribution in [3.05, 3.63) is 0 Å². The van der Waals surface area contributed by atoms with Crippen LogP contribution >= 0.6 is 0 Å². The van der Waals surface area contributed by atoms with E-state index in [1.54, 1.807) is 0 Å². The molecule has 0 saturated carbocycles. The third kappa shape index (κ3) is 4.06. The smallest absolute Gasteiger partial charge is 0.0116 e. The lowest BCUT2D eigenvalue weighted by Gasteiger charge is -2.35. The van der Waals surface area contributed by atoms with Crippen LogP contribution in [0.1, 0.15) is 47.5 Å². The van der Waals surface area contributed by atoms with E-state index in [1.165, 1.54) is 39.0 Å². The highest BCUT2D eigenvalue weighted by Gasteiger charge is 2.31. The minimum Gasteiger partial charge on any atom is -0.316 e. The van der Waals surface area contributed by atoms with Gasteiger partial charge in [-0.15, -0.1) is 0 Å². The maximum atomic E-state index is 3.55. The molecule has 0 spiro atoms. The Morgan fingerprint density at radius 3 is 2.62 bits per heavy atom. The standard InChI is InChI=1S/C14H30N2/c1-6-8-15-10-13-7-9-16(11-13)12(2)14(3,4)5/h12-13,15H,6-11H2,1-5H3.